The number of carboxylic acid groups (broad SMARTS) is 2. The number of carboxylic acids is 2. The molecule has 0 bridgehead atoms. The standard InChI is InChI=1S/C15H19NO5.C13H13P.2K/c1-9-4-10(2)13(8-17)11(3)12(9)5-16(6-14(18)19)7-15(20)21;1-14(12-8-4-2-5-9-12)13-10-6-3-7-11-13;;/h4,8H,5-7H2,1-3H3,(H,18,19)(H,20,21);2-11H,1H3;;/q;;2*+1/p-2. The van der Waals surface area contributed by atoms with Gasteiger partial charge < -0.3 is 19.8 Å². The first kappa shape index (κ1) is 36.9. The van der Waals surface area contributed by atoms with Crippen molar-refractivity contribution in [1.82, 2.24) is 4.90 Å². The van der Waals surface area contributed by atoms with Crippen molar-refractivity contribution in [3.63, 3.8) is 0 Å². The monoisotopic (exact) mass is 569 g/mol. The van der Waals surface area contributed by atoms with E-state index < -0.39 is 25.0 Å². The third-order valence-electron chi connectivity index (χ3n) is 5.68. The number of aliphatic carboxylic acids is 2. The van der Waals surface area contributed by atoms with E-state index in [1.54, 1.807) is 6.92 Å². The molecule has 3 aromatic rings. The molecule has 184 valence electrons. The number of hydrogen-bond acceptors (Lipinski definition) is 6. The maximum Gasteiger partial charge on any atom is 1.00 e. The molecule has 37 heavy (non-hydrogen) atoms. The van der Waals surface area contributed by atoms with E-state index in [4.69, 9.17) is 0 Å². The Bertz CT molecular complexity index is 1100. The normalized spacial score (nSPS) is 10.0. The summed E-state index contributed by atoms with van der Waals surface area (Å²) in [7, 11) is -0.171. The number of nitrogens with zero attached hydrogens (tertiary/aromatic N) is 1. The van der Waals surface area contributed by atoms with Crippen LogP contribution in [-0.2, 0) is 16.1 Å². The summed E-state index contributed by atoms with van der Waals surface area (Å²) in [5.41, 5.74) is 3.71. The number of carbonyl (C=O) groups is 3. The van der Waals surface area contributed by atoms with Crippen molar-refractivity contribution in [1.29, 1.82) is 0 Å². The zero-order chi connectivity index (χ0) is 26.0. The van der Waals surface area contributed by atoms with E-state index in [-0.39, 0.29) is 117 Å². The number of hydrogen-bond donors (Lipinski definition) is 0. The smallest absolute Gasteiger partial charge is 0.549 e. The zero-order valence-electron chi connectivity index (χ0n) is 22.5. The topological polar surface area (TPSA) is 101 Å². The van der Waals surface area contributed by atoms with Crippen LogP contribution in [0.2, 0.25) is 0 Å². The van der Waals surface area contributed by atoms with Gasteiger partial charge in [-0.3, -0.25) is 9.69 Å². The quantitative estimate of drug-likeness (QED) is 0.146. The Hall–Kier alpha value is -0.0673. The van der Waals surface area contributed by atoms with Gasteiger partial charge in [-0.15, -0.1) is 0 Å². The molecular formula is C28H30K2NO5P. The van der Waals surface area contributed by atoms with Crippen molar-refractivity contribution in [2.75, 3.05) is 19.8 Å². The number of rotatable bonds is 9. The summed E-state index contributed by atoms with van der Waals surface area (Å²) in [6.07, 6.45) is 0.745. The van der Waals surface area contributed by atoms with Crippen molar-refractivity contribution in [2.45, 2.75) is 27.3 Å². The molecule has 0 aliphatic carbocycles. The van der Waals surface area contributed by atoms with Gasteiger partial charge in [0.2, 0.25) is 0 Å². The first-order valence-corrected chi connectivity index (χ1v) is 12.9. The van der Waals surface area contributed by atoms with Gasteiger partial charge in [-0.05, 0) is 68.2 Å². The molecule has 0 aliphatic heterocycles. The molecule has 6 nitrogen and oxygen atoms in total. The summed E-state index contributed by atoms with van der Waals surface area (Å²) in [6, 6.07) is 23.2. The first-order chi connectivity index (χ1) is 16.6. The van der Waals surface area contributed by atoms with E-state index in [0.29, 0.717) is 5.56 Å². The number of aryl methyl sites for hydroxylation is 2. The Kier molecular flexibility index (Phi) is 19.1. The molecule has 3 aromatic carbocycles. The summed E-state index contributed by atoms with van der Waals surface area (Å²) >= 11 is 0. The van der Waals surface area contributed by atoms with Crippen molar-refractivity contribution in [3.05, 3.63) is 94.5 Å². The summed E-state index contributed by atoms with van der Waals surface area (Å²) in [4.78, 5) is 33.7. The fourth-order valence-corrected chi connectivity index (χ4v) is 5.41. The molecule has 0 amide bonds. The average Bonchev–Trinajstić information content (AvgIpc) is 2.82. The van der Waals surface area contributed by atoms with E-state index in [2.05, 4.69) is 67.3 Å². The van der Waals surface area contributed by atoms with Crippen LogP contribution in [0.15, 0.2) is 66.7 Å². The second-order valence-corrected chi connectivity index (χ2v) is 10.4. The van der Waals surface area contributed by atoms with Crippen LogP contribution in [0.3, 0.4) is 0 Å². The van der Waals surface area contributed by atoms with Crippen LogP contribution >= 0.6 is 7.92 Å². The predicted molar refractivity (Wildman–Crippen MR) is 136 cm³/mol. The zero-order valence-corrected chi connectivity index (χ0v) is 29.6. The van der Waals surface area contributed by atoms with E-state index in [1.807, 2.05) is 19.9 Å². The van der Waals surface area contributed by atoms with Crippen LogP contribution in [0.4, 0.5) is 0 Å². The van der Waals surface area contributed by atoms with E-state index in [9.17, 15) is 24.6 Å². The molecule has 0 aromatic heterocycles. The molecule has 0 saturated carbocycles. The van der Waals surface area contributed by atoms with Gasteiger partial charge in [-0.2, -0.15) is 0 Å². The summed E-state index contributed by atoms with van der Waals surface area (Å²) in [6.45, 7) is 6.78. The molecular weight excluding hydrogens is 539 g/mol. The SMILES string of the molecule is CP(c1ccccc1)c1ccccc1.Cc1cc(C)c(CN(CC(=O)[O-])CC(=O)[O-])c(C)c1C=O.[K+].[K+]. The van der Waals surface area contributed by atoms with Gasteiger partial charge in [0, 0.05) is 25.2 Å². The van der Waals surface area contributed by atoms with E-state index in [1.165, 1.54) is 15.5 Å². The van der Waals surface area contributed by atoms with Crippen LogP contribution in [0.1, 0.15) is 32.6 Å². The van der Waals surface area contributed by atoms with Crippen LogP contribution in [0.25, 0.3) is 0 Å². The van der Waals surface area contributed by atoms with Crippen molar-refractivity contribution < 1.29 is 127 Å². The molecule has 0 saturated heterocycles. The van der Waals surface area contributed by atoms with Gasteiger partial charge in [-0.1, -0.05) is 66.7 Å². The van der Waals surface area contributed by atoms with Crippen molar-refractivity contribution >= 4 is 36.8 Å². The summed E-state index contributed by atoms with van der Waals surface area (Å²) in [5.74, 6) is -2.73. The molecule has 0 fully saturated rings. The van der Waals surface area contributed by atoms with E-state index in [0.717, 1.165) is 28.5 Å². The van der Waals surface area contributed by atoms with Crippen LogP contribution in [-0.4, -0.2) is 42.9 Å². The van der Waals surface area contributed by atoms with Gasteiger partial charge in [-0.25, -0.2) is 0 Å². The second-order valence-electron chi connectivity index (χ2n) is 8.26. The maximum absolute atomic E-state index is 11.1. The van der Waals surface area contributed by atoms with Gasteiger partial charge in [0.05, 0.1) is 11.9 Å². The van der Waals surface area contributed by atoms with Gasteiger partial charge in [0.1, 0.15) is 0 Å². The van der Waals surface area contributed by atoms with E-state index >= 15 is 0 Å². The number of aldehydes is 1. The molecule has 3 rings (SSSR count). The Morgan fingerprint density at radius 3 is 1.62 bits per heavy atom. The van der Waals surface area contributed by atoms with Gasteiger partial charge in [0.25, 0.3) is 0 Å². The molecule has 0 N–H and O–H groups in total. The molecule has 0 unspecified atom stereocenters. The Morgan fingerprint density at radius 2 is 1.24 bits per heavy atom. The largest absolute Gasteiger partial charge is 1.00 e. The maximum atomic E-state index is 11.1. The third-order valence-corrected chi connectivity index (χ3v) is 7.83. The third kappa shape index (κ3) is 12.3. The van der Waals surface area contributed by atoms with Gasteiger partial charge in [0.15, 0.2) is 6.29 Å². The Labute approximate surface area is 305 Å². The Balaban J connectivity index is 0.000000707. The van der Waals surface area contributed by atoms with Gasteiger partial charge >= 0.3 is 103 Å². The minimum atomic E-state index is -1.37. The molecule has 0 atom stereocenters. The molecule has 0 aliphatic rings. The predicted octanol–water partition coefficient (Wildman–Crippen LogP) is -4.52. The van der Waals surface area contributed by atoms with Crippen molar-refractivity contribution in [3.8, 4) is 0 Å². The summed E-state index contributed by atoms with van der Waals surface area (Å²) in [5, 5.41) is 24.3. The van der Waals surface area contributed by atoms with Crippen LogP contribution in [0.5, 0.6) is 0 Å². The fourth-order valence-electron chi connectivity index (χ4n) is 3.88. The molecule has 0 radical (unpaired) electrons. The first-order valence-electron chi connectivity index (χ1n) is 11.1. The second kappa shape index (κ2) is 19.1. The minimum Gasteiger partial charge on any atom is -0.549 e. The summed E-state index contributed by atoms with van der Waals surface area (Å²) < 4.78 is 0. The number of carbonyl (C=O) groups excluding carboxylic acids is 3. The van der Waals surface area contributed by atoms with Crippen molar-refractivity contribution in [2.24, 2.45) is 0 Å². The Morgan fingerprint density at radius 1 is 0.811 bits per heavy atom. The molecule has 0 spiro atoms. The molecule has 9 heteroatoms. The molecule has 0 heterocycles. The minimum absolute atomic E-state index is 0. The average molecular weight is 570 g/mol. The fraction of sp³-hybridized carbons (Fsp3) is 0.250. The number of benzene rings is 3. The van der Waals surface area contributed by atoms with Crippen LogP contribution < -0.4 is 124 Å². The van der Waals surface area contributed by atoms with Crippen LogP contribution in [0, 0.1) is 20.8 Å².